The Morgan fingerprint density at radius 2 is 1.92 bits per heavy atom. The van der Waals surface area contributed by atoms with Crippen LogP contribution >= 0.6 is 0 Å². The first kappa shape index (κ1) is 15.6. The Balaban J connectivity index is 1.72. The highest BCUT2D eigenvalue weighted by molar-refractivity contribution is 7.90. The van der Waals surface area contributed by atoms with E-state index in [1.54, 1.807) is 12.3 Å². The van der Waals surface area contributed by atoms with Gasteiger partial charge in [0.25, 0.3) is 0 Å². The lowest BCUT2D eigenvalue weighted by molar-refractivity contribution is 0.587. The Hall–Kier alpha value is -2.93. The first-order chi connectivity index (χ1) is 12.0. The van der Waals surface area contributed by atoms with Crippen molar-refractivity contribution >= 4 is 20.9 Å². The second-order valence-electron chi connectivity index (χ2n) is 5.86. The van der Waals surface area contributed by atoms with Crippen molar-refractivity contribution in [3.05, 3.63) is 72.3 Å². The number of hydrogen-bond donors (Lipinski definition) is 1. The fourth-order valence-electron chi connectivity index (χ4n) is 2.71. The van der Waals surface area contributed by atoms with Crippen molar-refractivity contribution in [2.75, 3.05) is 0 Å². The lowest BCUT2D eigenvalue weighted by atomic mass is 10.2. The molecule has 0 spiro atoms. The summed E-state index contributed by atoms with van der Waals surface area (Å²) in [6, 6.07) is 13.1. The number of rotatable bonds is 4. The van der Waals surface area contributed by atoms with Crippen LogP contribution in [0.25, 0.3) is 16.7 Å². The molecule has 0 aliphatic heterocycles. The van der Waals surface area contributed by atoms with Crippen molar-refractivity contribution in [3.8, 4) is 5.69 Å². The molecule has 3 aromatic heterocycles. The smallest absolute Gasteiger partial charge is 0.226 e. The maximum absolute atomic E-state index is 12.7. The van der Waals surface area contributed by atoms with E-state index in [2.05, 4.69) is 15.0 Å². The Morgan fingerprint density at radius 1 is 1.12 bits per heavy atom. The van der Waals surface area contributed by atoms with E-state index in [9.17, 15) is 8.42 Å². The van der Waals surface area contributed by atoms with Crippen LogP contribution in [-0.4, -0.2) is 27.9 Å². The molecule has 0 bridgehead atoms. The number of sulfone groups is 1. The highest BCUT2D eigenvalue weighted by atomic mass is 32.2. The molecule has 4 rings (SSSR count). The van der Waals surface area contributed by atoms with Crippen molar-refractivity contribution in [1.29, 1.82) is 0 Å². The molecule has 4 aromatic rings. The minimum absolute atomic E-state index is 0.0304. The summed E-state index contributed by atoms with van der Waals surface area (Å²) in [6.45, 7) is 1.85. The van der Waals surface area contributed by atoms with E-state index in [1.807, 2.05) is 60.3 Å². The zero-order valence-corrected chi connectivity index (χ0v) is 14.4. The van der Waals surface area contributed by atoms with Crippen molar-refractivity contribution in [2.45, 2.75) is 17.8 Å². The molecule has 3 heterocycles. The molecule has 0 aliphatic rings. The SMILES string of the molecule is Cc1cccnc1CS(=O)(=O)c1nc2ccc(-n3cccc3)cc2[nH]1. The lowest BCUT2D eigenvalue weighted by Crippen LogP contribution is -2.09. The van der Waals surface area contributed by atoms with Crippen LogP contribution in [0.4, 0.5) is 0 Å². The predicted octanol–water partition coefficient (Wildman–Crippen LogP) is 3.03. The average molecular weight is 352 g/mol. The molecule has 6 nitrogen and oxygen atoms in total. The van der Waals surface area contributed by atoms with E-state index in [0.717, 1.165) is 11.3 Å². The van der Waals surface area contributed by atoms with Crippen LogP contribution in [0.2, 0.25) is 0 Å². The molecule has 0 atom stereocenters. The molecule has 0 amide bonds. The number of fused-ring (bicyclic) bond motifs is 1. The predicted molar refractivity (Wildman–Crippen MR) is 95.3 cm³/mol. The van der Waals surface area contributed by atoms with Crippen molar-refractivity contribution in [1.82, 2.24) is 19.5 Å². The van der Waals surface area contributed by atoms with Gasteiger partial charge in [-0.05, 0) is 48.9 Å². The third-order valence-electron chi connectivity index (χ3n) is 4.09. The first-order valence-electron chi connectivity index (χ1n) is 7.79. The second-order valence-corrected chi connectivity index (χ2v) is 7.76. The molecule has 0 saturated carbocycles. The van der Waals surface area contributed by atoms with Gasteiger partial charge in [0.1, 0.15) is 5.75 Å². The van der Waals surface area contributed by atoms with Gasteiger partial charge >= 0.3 is 0 Å². The zero-order chi connectivity index (χ0) is 17.4. The topological polar surface area (TPSA) is 80.6 Å². The molecule has 0 aliphatic carbocycles. The number of nitrogens with zero attached hydrogens (tertiary/aromatic N) is 3. The quantitative estimate of drug-likeness (QED) is 0.612. The summed E-state index contributed by atoms with van der Waals surface area (Å²) >= 11 is 0. The Kier molecular flexibility index (Phi) is 3.65. The van der Waals surface area contributed by atoms with Crippen LogP contribution in [-0.2, 0) is 15.6 Å². The van der Waals surface area contributed by atoms with Gasteiger partial charge in [0.15, 0.2) is 0 Å². The van der Waals surface area contributed by atoms with Crippen molar-refractivity contribution < 1.29 is 8.42 Å². The summed E-state index contributed by atoms with van der Waals surface area (Å²) in [7, 11) is -3.60. The number of H-pyrrole nitrogens is 1. The second kappa shape index (κ2) is 5.86. The summed E-state index contributed by atoms with van der Waals surface area (Å²) in [5.41, 5.74) is 3.62. The molecule has 0 saturated heterocycles. The average Bonchev–Trinajstić information content (AvgIpc) is 3.25. The summed E-state index contributed by atoms with van der Waals surface area (Å²) < 4.78 is 27.3. The van der Waals surface area contributed by atoms with E-state index < -0.39 is 9.84 Å². The molecule has 126 valence electrons. The molecule has 0 unspecified atom stereocenters. The fourth-order valence-corrected chi connectivity index (χ4v) is 4.01. The Morgan fingerprint density at radius 3 is 2.68 bits per heavy atom. The Bertz CT molecular complexity index is 1150. The van der Waals surface area contributed by atoms with Gasteiger partial charge in [0, 0.05) is 24.3 Å². The van der Waals surface area contributed by atoms with Crippen LogP contribution in [0, 0.1) is 6.92 Å². The standard InChI is InChI=1S/C18H16N4O2S/c1-13-5-4-8-19-17(13)12-25(23,24)18-20-15-7-6-14(11-16(15)21-18)22-9-2-3-10-22/h2-11H,12H2,1H3,(H,20,21). The fraction of sp³-hybridized carbons (Fsp3) is 0.111. The largest absolute Gasteiger partial charge is 0.329 e. The van der Waals surface area contributed by atoms with Gasteiger partial charge in [-0.2, -0.15) is 0 Å². The minimum Gasteiger partial charge on any atom is -0.329 e. The third-order valence-corrected chi connectivity index (χ3v) is 5.52. The van der Waals surface area contributed by atoms with Gasteiger partial charge < -0.3 is 9.55 Å². The normalized spacial score (nSPS) is 11.9. The number of aromatic amines is 1. The van der Waals surface area contributed by atoms with Crippen molar-refractivity contribution in [2.24, 2.45) is 0 Å². The highest BCUT2D eigenvalue weighted by Gasteiger charge is 2.21. The number of aryl methyl sites for hydroxylation is 1. The number of pyridine rings is 1. The van der Waals surface area contributed by atoms with E-state index in [1.165, 1.54) is 0 Å². The summed E-state index contributed by atoms with van der Waals surface area (Å²) in [5.74, 6) is -0.177. The minimum atomic E-state index is -3.60. The van der Waals surface area contributed by atoms with Crippen molar-refractivity contribution in [3.63, 3.8) is 0 Å². The monoisotopic (exact) mass is 352 g/mol. The van der Waals surface area contributed by atoms with E-state index in [0.29, 0.717) is 16.7 Å². The summed E-state index contributed by atoms with van der Waals surface area (Å²) in [4.78, 5) is 11.4. The third kappa shape index (κ3) is 2.94. The van der Waals surface area contributed by atoms with Crippen LogP contribution in [0.1, 0.15) is 11.3 Å². The first-order valence-corrected chi connectivity index (χ1v) is 9.44. The number of benzene rings is 1. The lowest BCUT2D eigenvalue weighted by Gasteiger charge is -2.03. The molecule has 7 heteroatoms. The van der Waals surface area contributed by atoms with E-state index in [4.69, 9.17) is 0 Å². The molecule has 25 heavy (non-hydrogen) atoms. The maximum Gasteiger partial charge on any atom is 0.226 e. The van der Waals surface area contributed by atoms with Gasteiger partial charge in [0.05, 0.1) is 16.7 Å². The summed E-state index contributed by atoms with van der Waals surface area (Å²) in [6.07, 6.45) is 5.46. The zero-order valence-electron chi connectivity index (χ0n) is 13.5. The number of nitrogens with one attached hydrogen (secondary N) is 1. The molecular formula is C18H16N4O2S. The van der Waals surface area contributed by atoms with Crippen LogP contribution in [0.3, 0.4) is 0 Å². The molecule has 0 fully saturated rings. The number of imidazole rings is 1. The van der Waals surface area contributed by atoms with Crippen LogP contribution in [0.5, 0.6) is 0 Å². The van der Waals surface area contributed by atoms with E-state index in [-0.39, 0.29) is 10.9 Å². The summed E-state index contributed by atoms with van der Waals surface area (Å²) in [5, 5.41) is -0.0304. The maximum atomic E-state index is 12.7. The van der Waals surface area contributed by atoms with Crippen LogP contribution in [0.15, 0.2) is 66.2 Å². The van der Waals surface area contributed by atoms with Gasteiger partial charge in [-0.1, -0.05) is 6.07 Å². The molecule has 1 aromatic carbocycles. The van der Waals surface area contributed by atoms with Gasteiger partial charge in [-0.15, -0.1) is 0 Å². The number of hydrogen-bond acceptors (Lipinski definition) is 4. The molecule has 0 radical (unpaired) electrons. The van der Waals surface area contributed by atoms with Gasteiger partial charge in [-0.3, -0.25) is 4.98 Å². The highest BCUT2D eigenvalue weighted by Crippen LogP contribution is 2.21. The molecule has 1 N–H and O–H groups in total. The Labute approximate surface area is 145 Å². The number of aromatic nitrogens is 4. The molecular weight excluding hydrogens is 336 g/mol. The van der Waals surface area contributed by atoms with Gasteiger partial charge in [0.2, 0.25) is 15.0 Å². The van der Waals surface area contributed by atoms with Gasteiger partial charge in [-0.25, -0.2) is 13.4 Å². The van der Waals surface area contributed by atoms with Crippen LogP contribution < -0.4 is 0 Å². The van der Waals surface area contributed by atoms with E-state index >= 15 is 0 Å².